The maximum atomic E-state index is 10.2. The van der Waals surface area contributed by atoms with Gasteiger partial charge >= 0.3 is 5.97 Å². The number of nitrogens with zero attached hydrogens (tertiary/aromatic N) is 1. The Balaban J connectivity index is 0.000000919. The summed E-state index contributed by atoms with van der Waals surface area (Å²) in [4.78, 5) is 12.5. The van der Waals surface area contributed by atoms with Gasteiger partial charge in [-0.3, -0.25) is 4.79 Å². The number of hydrogen-bond acceptors (Lipinski definition) is 2. The van der Waals surface area contributed by atoms with Gasteiger partial charge in [0.25, 0.3) is 0 Å². The van der Waals surface area contributed by atoms with E-state index in [9.17, 15) is 4.79 Å². The molecule has 0 saturated carbocycles. The first kappa shape index (κ1) is 38.6. The van der Waals surface area contributed by atoms with Crippen LogP contribution in [0.15, 0.2) is 30.3 Å². The minimum atomic E-state index is -0.659. The Hall–Kier alpha value is -1.35. The topological polar surface area (TPSA) is 40.5 Å². The first-order chi connectivity index (χ1) is 19.6. The molecule has 40 heavy (non-hydrogen) atoms. The highest BCUT2D eigenvalue weighted by Gasteiger charge is 1.97. The lowest BCUT2D eigenvalue weighted by Crippen LogP contribution is -2.12. The molecule has 0 bridgehead atoms. The van der Waals surface area contributed by atoms with Crippen LogP contribution < -0.4 is 0 Å². The van der Waals surface area contributed by atoms with Crippen molar-refractivity contribution < 1.29 is 9.90 Å². The minimum absolute atomic E-state index is 0.343. The quantitative estimate of drug-likeness (QED) is 0.104. The van der Waals surface area contributed by atoms with Crippen molar-refractivity contribution >= 4 is 5.97 Å². The zero-order valence-corrected chi connectivity index (χ0v) is 27.3. The normalized spacial score (nSPS) is 11.0. The highest BCUT2D eigenvalue weighted by molar-refractivity contribution is 5.66. The second-order valence-corrected chi connectivity index (χ2v) is 12.3. The number of rotatable bonds is 28. The molecule has 0 amide bonds. The summed E-state index contributed by atoms with van der Waals surface area (Å²) in [7, 11) is 4.35. The predicted molar refractivity (Wildman–Crippen MR) is 177 cm³/mol. The number of carboxylic acids is 1. The third kappa shape index (κ3) is 32.9. The molecule has 0 fully saturated rings. The average molecular weight is 560 g/mol. The molecular weight excluding hydrogens is 490 g/mol. The molecule has 1 rings (SSSR count). The first-order valence-electron chi connectivity index (χ1n) is 17.5. The lowest BCUT2D eigenvalue weighted by atomic mass is 10.0. The highest BCUT2D eigenvalue weighted by Crippen LogP contribution is 2.14. The molecule has 0 heterocycles. The smallest absolute Gasteiger partial charge is 0.303 e. The van der Waals surface area contributed by atoms with E-state index >= 15 is 0 Å². The van der Waals surface area contributed by atoms with Crippen LogP contribution in [0.2, 0.25) is 0 Å². The van der Waals surface area contributed by atoms with Gasteiger partial charge in [-0.25, -0.2) is 0 Å². The van der Waals surface area contributed by atoms with Crippen molar-refractivity contribution in [3.63, 3.8) is 0 Å². The number of aryl methyl sites for hydroxylation is 1. The van der Waals surface area contributed by atoms with Crippen molar-refractivity contribution in [2.45, 2.75) is 174 Å². The van der Waals surface area contributed by atoms with E-state index in [0.717, 1.165) is 12.8 Å². The Labute approximate surface area is 250 Å². The SMILES string of the molecule is CCCCCCCCCCCC(=O)O.CN(C)CCCCCCCCCCCCCCCCCc1ccccc1. The van der Waals surface area contributed by atoms with E-state index in [1.54, 1.807) is 0 Å². The van der Waals surface area contributed by atoms with Gasteiger partial charge in [-0.2, -0.15) is 0 Å². The maximum Gasteiger partial charge on any atom is 0.303 e. The number of hydrogen-bond donors (Lipinski definition) is 1. The molecule has 0 aliphatic heterocycles. The Kier molecular flexibility index (Phi) is 31.1. The minimum Gasteiger partial charge on any atom is -0.481 e. The zero-order valence-electron chi connectivity index (χ0n) is 27.3. The molecule has 0 unspecified atom stereocenters. The van der Waals surface area contributed by atoms with Gasteiger partial charge in [-0.15, -0.1) is 0 Å². The number of carboxylic acid groups (broad SMARTS) is 1. The molecule has 3 heteroatoms. The summed E-state index contributed by atoms with van der Waals surface area (Å²) in [6.45, 7) is 3.49. The van der Waals surface area contributed by atoms with Crippen LogP contribution in [0.5, 0.6) is 0 Å². The maximum absolute atomic E-state index is 10.2. The van der Waals surface area contributed by atoms with Crippen LogP contribution in [0.25, 0.3) is 0 Å². The van der Waals surface area contributed by atoms with E-state index in [2.05, 4.69) is 56.3 Å². The van der Waals surface area contributed by atoms with Crippen LogP contribution in [0.3, 0.4) is 0 Å². The van der Waals surface area contributed by atoms with Crippen LogP contribution in [-0.2, 0) is 11.2 Å². The molecule has 1 N–H and O–H groups in total. The van der Waals surface area contributed by atoms with Crippen molar-refractivity contribution in [3.05, 3.63) is 35.9 Å². The van der Waals surface area contributed by atoms with Gasteiger partial charge < -0.3 is 10.0 Å². The van der Waals surface area contributed by atoms with Gasteiger partial charge in [-0.05, 0) is 51.9 Å². The van der Waals surface area contributed by atoms with Gasteiger partial charge in [0.1, 0.15) is 0 Å². The zero-order chi connectivity index (χ0) is 29.4. The Morgan fingerprint density at radius 1 is 0.550 bits per heavy atom. The van der Waals surface area contributed by atoms with E-state index in [4.69, 9.17) is 5.11 Å². The fraction of sp³-hybridized carbons (Fsp3) is 0.811. The number of aliphatic carboxylic acids is 1. The average Bonchev–Trinajstić information content (AvgIpc) is 2.94. The predicted octanol–water partition coefficient (Wildman–Crippen LogP) is 11.6. The molecule has 0 atom stereocenters. The summed E-state index contributed by atoms with van der Waals surface area (Å²) in [5.41, 5.74) is 1.50. The molecule has 0 aliphatic rings. The van der Waals surface area contributed by atoms with Crippen LogP contribution in [0.1, 0.15) is 173 Å². The summed E-state index contributed by atoms with van der Waals surface area (Å²) in [6.07, 6.45) is 34.3. The van der Waals surface area contributed by atoms with Crippen molar-refractivity contribution in [2.24, 2.45) is 0 Å². The van der Waals surface area contributed by atoms with Crippen molar-refractivity contribution in [3.8, 4) is 0 Å². The van der Waals surface area contributed by atoms with Crippen LogP contribution in [-0.4, -0.2) is 36.6 Å². The molecule has 0 spiro atoms. The fourth-order valence-corrected chi connectivity index (χ4v) is 5.29. The lowest BCUT2D eigenvalue weighted by molar-refractivity contribution is -0.137. The van der Waals surface area contributed by atoms with E-state index in [0.29, 0.717) is 6.42 Å². The molecule has 3 nitrogen and oxygen atoms in total. The Morgan fingerprint density at radius 3 is 1.32 bits per heavy atom. The van der Waals surface area contributed by atoms with E-state index in [1.807, 2.05) is 0 Å². The van der Waals surface area contributed by atoms with Crippen LogP contribution in [0, 0.1) is 0 Å². The van der Waals surface area contributed by atoms with Crippen molar-refractivity contribution in [2.75, 3.05) is 20.6 Å². The summed E-state index contributed by atoms with van der Waals surface area (Å²) in [5, 5.41) is 8.41. The summed E-state index contributed by atoms with van der Waals surface area (Å²) in [5.74, 6) is -0.659. The highest BCUT2D eigenvalue weighted by atomic mass is 16.4. The molecule has 0 radical (unpaired) electrons. The van der Waals surface area contributed by atoms with Gasteiger partial charge in [-0.1, -0.05) is 172 Å². The summed E-state index contributed by atoms with van der Waals surface area (Å²) >= 11 is 0. The Bertz CT molecular complexity index is 616. The monoisotopic (exact) mass is 560 g/mol. The number of unbranched alkanes of at least 4 members (excludes halogenated alkanes) is 22. The molecule has 1 aromatic carbocycles. The summed E-state index contributed by atoms with van der Waals surface area (Å²) in [6, 6.07) is 10.9. The van der Waals surface area contributed by atoms with Gasteiger partial charge in [0.05, 0.1) is 0 Å². The second kappa shape index (κ2) is 32.2. The van der Waals surface area contributed by atoms with Crippen molar-refractivity contribution in [1.82, 2.24) is 4.90 Å². The second-order valence-electron chi connectivity index (χ2n) is 12.3. The van der Waals surface area contributed by atoms with Crippen LogP contribution in [0.4, 0.5) is 0 Å². The van der Waals surface area contributed by atoms with Gasteiger partial charge in [0.15, 0.2) is 0 Å². The molecule has 0 aliphatic carbocycles. The third-order valence-corrected chi connectivity index (χ3v) is 7.91. The molecule has 0 saturated heterocycles. The van der Waals surface area contributed by atoms with E-state index < -0.39 is 5.97 Å². The fourth-order valence-electron chi connectivity index (χ4n) is 5.29. The number of benzene rings is 1. The molecule has 234 valence electrons. The Morgan fingerprint density at radius 2 is 0.925 bits per heavy atom. The van der Waals surface area contributed by atoms with Crippen LogP contribution >= 0.6 is 0 Å². The third-order valence-electron chi connectivity index (χ3n) is 7.91. The molecule has 0 aromatic heterocycles. The van der Waals surface area contributed by atoms with Crippen molar-refractivity contribution in [1.29, 1.82) is 0 Å². The number of carbonyl (C=O) groups is 1. The standard InChI is InChI=1S/C25H45N.C12H24O2/c1-26(2)24-20-15-13-11-9-7-5-3-4-6-8-10-12-14-17-21-25-22-18-16-19-23-25;1-2-3-4-5-6-7-8-9-10-11-12(13)14/h16,18-19,22-23H,3-15,17,20-21,24H2,1-2H3;2-11H2,1H3,(H,13,14). The summed E-state index contributed by atoms with van der Waals surface area (Å²) < 4.78 is 0. The molecule has 1 aromatic rings. The largest absolute Gasteiger partial charge is 0.481 e. The molecular formula is C37H69NO2. The van der Waals surface area contributed by atoms with Gasteiger partial charge in [0.2, 0.25) is 0 Å². The van der Waals surface area contributed by atoms with E-state index in [-0.39, 0.29) is 0 Å². The first-order valence-corrected chi connectivity index (χ1v) is 17.5. The lowest BCUT2D eigenvalue weighted by Gasteiger charge is -2.08. The van der Waals surface area contributed by atoms with E-state index in [1.165, 1.54) is 160 Å². The van der Waals surface area contributed by atoms with Gasteiger partial charge in [0, 0.05) is 6.42 Å².